The molecule has 0 aliphatic rings. The van der Waals surface area contributed by atoms with Gasteiger partial charge in [-0.05, 0) is 48.4 Å². The fourth-order valence-electron chi connectivity index (χ4n) is 3.14. The van der Waals surface area contributed by atoms with Crippen LogP contribution < -0.4 is 18.9 Å². The fourth-order valence-corrected chi connectivity index (χ4v) is 4.08. The summed E-state index contributed by atoms with van der Waals surface area (Å²) < 4.78 is 45.9. The number of nitrogens with one attached hydrogen (secondary N) is 1. The maximum atomic E-state index is 13.3. The highest BCUT2D eigenvalue weighted by molar-refractivity contribution is 7.92. The average molecular weight is 506 g/mol. The molecular weight excluding hydrogens is 482 g/mol. The Balaban J connectivity index is 1.84. The number of hydrogen-bond donors (Lipinski definition) is 1. The molecule has 0 aliphatic carbocycles. The molecule has 0 saturated carbocycles. The lowest BCUT2D eigenvalue weighted by Gasteiger charge is -2.17. The highest BCUT2D eigenvalue weighted by Crippen LogP contribution is 2.41. The number of hydrogen-bond acceptors (Lipinski definition) is 9. The van der Waals surface area contributed by atoms with Crippen LogP contribution in [0.15, 0.2) is 78.7 Å². The zero-order chi connectivity index (χ0) is 25.7. The summed E-state index contributed by atoms with van der Waals surface area (Å²) in [5.41, 5.74) is 2.07. The van der Waals surface area contributed by atoms with Crippen molar-refractivity contribution >= 4 is 21.4 Å². The minimum Gasteiger partial charge on any atom is -0.493 e. The summed E-state index contributed by atoms with van der Waals surface area (Å²) in [7, 11) is -1.29. The molecule has 4 aromatic rings. The van der Waals surface area contributed by atoms with E-state index in [0.717, 1.165) is 11.1 Å². The van der Waals surface area contributed by atoms with E-state index in [0.29, 0.717) is 17.1 Å². The summed E-state index contributed by atoms with van der Waals surface area (Å²) >= 11 is 0. The predicted octanol–water partition coefficient (Wildman–Crippen LogP) is 4.58. The molecule has 0 amide bonds. The van der Waals surface area contributed by atoms with Gasteiger partial charge < -0.3 is 14.2 Å². The number of aromatic nitrogens is 4. The van der Waals surface area contributed by atoms with Crippen LogP contribution in [0.25, 0.3) is 17.0 Å². The number of ether oxygens (including phenoxy) is 3. The van der Waals surface area contributed by atoms with Gasteiger partial charge in [0.25, 0.3) is 15.9 Å². The average Bonchev–Trinajstić information content (AvgIpc) is 2.90. The number of nitrogens with zero attached hydrogens (tertiary/aromatic N) is 4. The maximum absolute atomic E-state index is 13.3. The third-order valence-electron chi connectivity index (χ3n) is 4.98. The molecular formula is C25H23N5O5S. The van der Waals surface area contributed by atoms with E-state index in [1.54, 1.807) is 61.8 Å². The first kappa shape index (κ1) is 24.6. The lowest BCUT2D eigenvalue weighted by Crippen LogP contribution is -2.17. The second kappa shape index (κ2) is 10.4. The summed E-state index contributed by atoms with van der Waals surface area (Å²) in [6.07, 6.45) is 4.58. The second-order valence-electron chi connectivity index (χ2n) is 7.49. The number of sulfonamides is 1. The Labute approximate surface area is 208 Å². The smallest absolute Gasteiger partial charge is 0.280 e. The van der Waals surface area contributed by atoms with E-state index in [2.05, 4.69) is 31.2 Å². The van der Waals surface area contributed by atoms with Crippen LogP contribution in [0.1, 0.15) is 12.5 Å². The summed E-state index contributed by atoms with van der Waals surface area (Å²) in [6.45, 7) is 5.65. The van der Waals surface area contributed by atoms with Gasteiger partial charge in [0, 0.05) is 24.2 Å². The van der Waals surface area contributed by atoms with Gasteiger partial charge in [-0.3, -0.25) is 9.71 Å². The van der Waals surface area contributed by atoms with E-state index in [4.69, 9.17) is 14.2 Å². The van der Waals surface area contributed by atoms with Crippen LogP contribution >= 0.6 is 0 Å². The van der Waals surface area contributed by atoms with Gasteiger partial charge in [0.15, 0.2) is 28.2 Å². The van der Waals surface area contributed by atoms with Crippen LogP contribution in [0.5, 0.6) is 23.1 Å². The maximum Gasteiger partial charge on any atom is 0.280 e. The molecule has 4 rings (SSSR count). The lowest BCUT2D eigenvalue weighted by atomic mass is 10.2. The van der Waals surface area contributed by atoms with Crippen molar-refractivity contribution in [1.29, 1.82) is 0 Å². The molecule has 10 nitrogen and oxygen atoms in total. The van der Waals surface area contributed by atoms with E-state index < -0.39 is 10.0 Å². The van der Waals surface area contributed by atoms with Crippen LogP contribution in [-0.2, 0) is 10.0 Å². The van der Waals surface area contributed by atoms with E-state index in [1.807, 2.05) is 0 Å². The SMILES string of the molecule is C=C(C)c1ccc(S(=O)(=O)Nc2nc(-c3ccncc3)nc(OC)c2Oc2ccccc2OC)nc1. The molecule has 0 fully saturated rings. The van der Waals surface area contributed by atoms with Crippen molar-refractivity contribution in [2.45, 2.75) is 11.9 Å². The lowest BCUT2D eigenvalue weighted by molar-refractivity contribution is 0.348. The molecule has 0 bridgehead atoms. The first-order valence-corrected chi connectivity index (χ1v) is 12.1. The Hall–Kier alpha value is -4.51. The first-order valence-electron chi connectivity index (χ1n) is 10.6. The molecule has 0 unspecified atom stereocenters. The van der Waals surface area contributed by atoms with Crippen molar-refractivity contribution in [2.75, 3.05) is 18.9 Å². The van der Waals surface area contributed by atoms with E-state index in [9.17, 15) is 8.42 Å². The van der Waals surface area contributed by atoms with Gasteiger partial charge in [0.05, 0.1) is 14.2 Å². The van der Waals surface area contributed by atoms with Crippen molar-refractivity contribution in [3.63, 3.8) is 0 Å². The Bertz CT molecular complexity index is 1490. The van der Waals surface area contributed by atoms with Crippen molar-refractivity contribution < 1.29 is 22.6 Å². The number of para-hydroxylation sites is 2. The molecule has 36 heavy (non-hydrogen) atoms. The van der Waals surface area contributed by atoms with Gasteiger partial charge in [-0.25, -0.2) is 9.97 Å². The number of benzene rings is 1. The molecule has 1 N–H and O–H groups in total. The van der Waals surface area contributed by atoms with E-state index >= 15 is 0 Å². The van der Waals surface area contributed by atoms with Gasteiger partial charge in [-0.15, -0.1) is 0 Å². The van der Waals surface area contributed by atoms with Gasteiger partial charge in [0.2, 0.25) is 5.75 Å². The zero-order valence-corrected chi connectivity index (χ0v) is 20.6. The van der Waals surface area contributed by atoms with Gasteiger partial charge in [-0.2, -0.15) is 13.4 Å². The molecule has 1 aromatic carbocycles. The molecule has 0 saturated heterocycles. The Kier molecular flexibility index (Phi) is 7.11. The number of rotatable bonds is 9. The van der Waals surface area contributed by atoms with Gasteiger partial charge in [0.1, 0.15) is 0 Å². The number of allylic oxidation sites excluding steroid dienone is 1. The number of pyridine rings is 2. The highest BCUT2D eigenvalue weighted by Gasteiger charge is 2.25. The van der Waals surface area contributed by atoms with Crippen LogP contribution in [0.3, 0.4) is 0 Å². The monoisotopic (exact) mass is 505 g/mol. The molecule has 11 heteroatoms. The van der Waals surface area contributed by atoms with E-state index in [-0.39, 0.29) is 28.3 Å². The molecule has 0 aliphatic heterocycles. The van der Waals surface area contributed by atoms with Crippen LogP contribution in [-0.4, -0.2) is 42.6 Å². The first-order chi connectivity index (χ1) is 17.3. The number of anilines is 1. The van der Waals surface area contributed by atoms with Gasteiger partial charge in [-0.1, -0.05) is 24.8 Å². The molecule has 0 spiro atoms. The minimum atomic E-state index is -4.17. The minimum absolute atomic E-state index is 0.00556. The van der Waals surface area contributed by atoms with E-state index in [1.165, 1.54) is 26.5 Å². The van der Waals surface area contributed by atoms with Crippen LogP contribution in [0, 0.1) is 0 Å². The quantitative estimate of drug-likeness (QED) is 0.348. The normalized spacial score (nSPS) is 11.0. The zero-order valence-electron chi connectivity index (χ0n) is 19.8. The van der Waals surface area contributed by atoms with Crippen molar-refractivity contribution in [3.8, 4) is 34.5 Å². The summed E-state index contributed by atoms with van der Waals surface area (Å²) in [5, 5.41) is -0.209. The van der Waals surface area contributed by atoms with Crippen molar-refractivity contribution in [2.24, 2.45) is 0 Å². The third-order valence-corrected chi connectivity index (χ3v) is 6.24. The second-order valence-corrected chi connectivity index (χ2v) is 9.12. The fraction of sp³-hybridized carbons (Fsp3) is 0.120. The highest BCUT2D eigenvalue weighted by atomic mass is 32.2. The molecule has 3 heterocycles. The van der Waals surface area contributed by atoms with Gasteiger partial charge >= 0.3 is 0 Å². The van der Waals surface area contributed by atoms with Crippen molar-refractivity contribution in [1.82, 2.24) is 19.9 Å². The summed E-state index contributed by atoms with van der Waals surface area (Å²) in [4.78, 5) is 16.9. The standard InChI is InChI=1S/C25H23N5O5S/c1-16(2)18-9-10-21(27-15-18)36(31,32)30-24-22(35-20-8-6-5-7-19(20)33-3)25(34-4)29-23(28-24)17-11-13-26-14-12-17/h5-15H,1H2,2-4H3,(H,28,29,30). The summed E-state index contributed by atoms with van der Waals surface area (Å²) in [5.74, 6) is 0.731. The van der Waals surface area contributed by atoms with Crippen LogP contribution in [0.4, 0.5) is 5.82 Å². The number of methoxy groups -OCH3 is 2. The van der Waals surface area contributed by atoms with Crippen LogP contribution in [0.2, 0.25) is 0 Å². The Morgan fingerprint density at radius 3 is 2.28 bits per heavy atom. The largest absolute Gasteiger partial charge is 0.493 e. The molecule has 0 radical (unpaired) electrons. The molecule has 3 aromatic heterocycles. The Morgan fingerprint density at radius 1 is 0.944 bits per heavy atom. The Morgan fingerprint density at radius 2 is 1.67 bits per heavy atom. The molecule has 184 valence electrons. The third kappa shape index (κ3) is 5.26. The predicted molar refractivity (Wildman–Crippen MR) is 135 cm³/mol. The molecule has 0 atom stereocenters. The topological polar surface area (TPSA) is 125 Å². The van der Waals surface area contributed by atoms with Crippen molar-refractivity contribution in [3.05, 3.63) is 79.3 Å². The summed E-state index contributed by atoms with van der Waals surface area (Å²) in [6, 6.07) is 13.3.